The monoisotopic (exact) mass is 468 g/mol. The fourth-order valence-corrected chi connectivity index (χ4v) is 5.34. The molecule has 0 bridgehead atoms. The molecule has 2 saturated heterocycles. The van der Waals surface area contributed by atoms with Crippen LogP contribution >= 0.6 is 0 Å². The van der Waals surface area contributed by atoms with Crippen molar-refractivity contribution in [3.05, 3.63) is 46.5 Å². The van der Waals surface area contributed by atoms with Crippen LogP contribution in [0.25, 0.3) is 11.0 Å². The lowest BCUT2D eigenvalue weighted by molar-refractivity contribution is -0.124. The van der Waals surface area contributed by atoms with E-state index < -0.39 is 6.04 Å². The lowest BCUT2D eigenvalue weighted by atomic mass is 9.90. The van der Waals surface area contributed by atoms with Gasteiger partial charge in [0, 0.05) is 58.1 Å². The van der Waals surface area contributed by atoms with E-state index in [2.05, 4.69) is 33.8 Å². The maximum absolute atomic E-state index is 13.0. The summed E-state index contributed by atoms with van der Waals surface area (Å²) in [6.45, 7) is 10.5. The van der Waals surface area contributed by atoms with Crippen LogP contribution in [-0.4, -0.2) is 76.3 Å². The summed E-state index contributed by atoms with van der Waals surface area (Å²) in [7, 11) is 1.78. The predicted octanol–water partition coefficient (Wildman–Crippen LogP) is 0.929. The van der Waals surface area contributed by atoms with E-state index in [4.69, 9.17) is 10.5 Å². The minimum Gasteiger partial charge on any atom is -0.377 e. The summed E-state index contributed by atoms with van der Waals surface area (Å²) in [4.78, 5) is 30.5. The largest absolute Gasteiger partial charge is 0.377 e. The Morgan fingerprint density at radius 2 is 1.85 bits per heavy atom. The second kappa shape index (κ2) is 9.65. The number of allylic oxidation sites excluding steroid dienone is 1. The van der Waals surface area contributed by atoms with Gasteiger partial charge >= 0.3 is 5.69 Å². The standard InChI is InChI=1S/C25H36N6O3/c1-17-3-5-22(24(32)27-17)31-21-6-4-18(13-23(21)28(2)25(31)33)16-30-9-7-29(8-10-30)11-12-34-20-14-19(26)15-20/h4,6,13,19-20,22H,1,3,5,7-12,14-16,26H2,2H3,(H,27,32). The van der Waals surface area contributed by atoms with Crippen molar-refractivity contribution in [1.82, 2.24) is 24.3 Å². The molecule has 1 aliphatic carbocycles. The molecule has 34 heavy (non-hydrogen) atoms. The topological polar surface area (TPSA) is 97.8 Å². The van der Waals surface area contributed by atoms with Crippen LogP contribution in [0.3, 0.4) is 0 Å². The average molecular weight is 469 g/mol. The summed E-state index contributed by atoms with van der Waals surface area (Å²) in [5, 5.41) is 2.80. The first-order chi connectivity index (χ1) is 16.4. The van der Waals surface area contributed by atoms with Gasteiger partial charge < -0.3 is 15.8 Å². The lowest BCUT2D eigenvalue weighted by Gasteiger charge is -2.36. The van der Waals surface area contributed by atoms with Crippen molar-refractivity contribution >= 4 is 16.9 Å². The van der Waals surface area contributed by atoms with E-state index in [1.54, 1.807) is 16.2 Å². The molecular weight excluding hydrogens is 432 g/mol. The molecule has 9 nitrogen and oxygen atoms in total. The third kappa shape index (κ3) is 4.70. The first-order valence-corrected chi connectivity index (χ1v) is 12.4. The molecule has 5 rings (SSSR count). The van der Waals surface area contributed by atoms with Gasteiger partial charge in [-0.2, -0.15) is 0 Å². The SMILES string of the molecule is C=C1CCC(n2c(=O)n(C)c3cc(CN4CCN(CCOC5CC(N)C5)CC4)ccc32)C(=O)N1. The molecule has 1 amide bonds. The second-order valence-electron chi connectivity index (χ2n) is 10.0. The lowest BCUT2D eigenvalue weighted by Crippen LogP contribution is -2.47. The zero-order chi connectivity index (χ0) is 23.8. The molecule has 1 saturated carbocycles. The highest BCUT2D eigenvalue weighted by atomic mass is 16.5. The van der Waals surface area contributed by atoms with Crippen LogP contribution in [0, 0.1) is 0 Å². The summed E-state index contributed by atoms with van der Waals surface area (Å²) >= 11 is 0. The first-order valence-electron chi connectivity index (χ1n) is 12.4. The number of hydrogen-bond acceptors (Lipinski definition) is 6. The minimum absolute atomic E-state index is 0.153. The minimum atomic E-state index is -0.495. The average Bonchev–Trinajstić information content (AvgIpc) is 3.04. The summed E-state index contributed by atoms with van der Waals surface area (Å²) < 4.78 is 9.19. The first kappa shape index (κ1) is 23.3. The van der Waals surface area contributed by atoms with Crippen molar-refractivity contribution in [2.24, 2.45) is 12.8 Å². The van der Waals surface area contributed by atoms with E-state index in [0.717, 1.165) is 69.8 Å². The van der Waals surface area contributed by atoms with E-state index in [1.165, 1.54) is 5.56 Å². The van der Waals surface area contributed by atoms with Crippen LogP contribution in [0.4, 0.5) is 0 Å². The fourth-order valence-electron chi connectivity index (χ4n) is 5.34. The number of nitrogens with one attached hydrogen (secondary N) is 1. The molecule has 1 aromatic heterocycles. The van der Waals surface area contributed by atoms with Gasteiger partial charge in [-0.1, -0.05) is 12.6 Å². The number of piperidine rings is 1. The van der Waals surface area contributed by atoms with E-state index in [9.17, 15) is 9.59 Å². The number of piperazine rings is 1. The van der Waals surface area contributed by atoms with Gasteiger partial charge in [-0.3, -0.25) is 23.7 Å². The van der Waals surface area contributed by atoms with Gasteiger partial charge in [0.25, 0.3) is 0 Å². The van der Waals surface area contributed by atoms with E-state index in [0.29, 0.717) is 30.7 Å². The van der Waals surface area contributed by atoms with Crippen molar-refractivity contribution in [2.45, 2.75) is 50.4 Å². The van der Waals surface area contributed by atoms with Gasteiger partial charge in [0.2, 0.25) is 5.91 Å². The second-order valence-corrected chi connectivity index (χ2v) is 10.0. The van der Waals surface area contributed by atoms with Crippen LogP contribution in [0.15, 0.2) is 35.3 Å². The number of rotatable bonds is 7. The zero-order valence-corrected chi connectivity index (χ0v) is 20.0. The molecule has 1 aromatic carbocycles. The number of fused-ring (bicyclic) bond motifs is 1. The number of nitrogens with two attached hydrogens (primary N) is 1. The Morgan fingerprint density at radius 1 is 1.12 bits per heavy atom. The number of imidazole rings is 1. The molecule has 2 aromatic rings. The Balaban J connectivity index is 1.19. The summed E-state index contributed by atoms with van der Waals surface area (Å²) in [6, 6.07) is 6.01. The van der Waals surface area contributed by atoms with Crippen LogP contribution in [0.1, 0.15) is 37.3 Å². The van der Waals surface area contributed by atoms with Gasteiger partial charge in [0.15, 0.2) is 0 Å². The van der Waals surface area contributed by atoms with Crippen molar-refractivity contribution in [3.8, 4) is 0 Å². The van der Waals surface area contributed by atoms with Gasteiger partial charge in [0.1, 0.15) is 6.04 Å². The molecule has 0 radical (unpaired) electrons. The van der Waals surface area contributed by atoms with Gasteiger partial charge in [-0.25, -0.2) is 4.79 Å². The van der Waals surface area contributed by atoms with Crippen LogP contribution in [0.2, 0.25) is 0 Å². The van der Waals surface area contributed by atoms with Crippen molar-refractivity contribution in [3.63, 3.8) is 0 Å². The molecule has 1 atom stereocenters. The summed E-state index contributed by atoms with van der Waals surface area (Å²) in [6.07, 6.45) is 3.64. The Bertz CT molecular complexity index is 1120. The van der Waals surface area contributed by atoms with Crippen molar-refractivity contribution in [2.75, 3.05) is 39.3 Å². The molecule has 2 aliphatic heterocycles. The normalized spacial score (nSPS) is 26.6. The highest BCUT2D eigenvalue weighted by molar-refractivity contribution is 5.86. The highest BCUT2D eigenvalue weighted by Gasteiger charge is 2.30. The van der Waals surface area contributed by atoms with E-state index >= 15 is 0 Å². The molecule has 3 heterocycles. The van der Waals surface area contributed by atoms with Crippen LogP contribution < -0.4 is 16.7 Å². The number of ether oxygens (including phenoxy) is 1. The van der Waals surface area contributed by atoms with Crippen LogP contribution in [0.5, 0.6) is 0 Å². The van der Waals surface area contributed by atoms with Crippen molar-refractivity contribution in [1.29, 1.82) is 0 Å². The zero-order valence-electron chi connectivity index (χ0n) is 20.0. The predicted molar refractivity (Wildman–Crippen MR) is 131 cm³/mol. The highest BCUT2D eigenvalue weighted by Crippen LogP contribution is 2.26. The fraction of sp³-hybridized carbons (Fsp3) is 0.600. The molecule has 1 unspecified atom stereocenters. The number of amides is 1. The van der Waals surface area contributed by atoms with Gasteiger partial charge in [-0.15, -0.1) is 0 Å². The number of nitrogens with zero attached hydrogens (tertiary/aromatic N) is 4. The molecular formula is C25H36N6O3. The molecule has 3 N–H and O–H groups in total. The number of benzene rings is 1. The molecule has 184 valence electrons. The molecule has 0 spiro atoms. The molecule has 9 heteroatoms. The summed E-state index contributed by atoms with van der Waals surface area (Å²) in [5.74, 6) is -0.158. The van der Waals surface area contributed by atoms with Crippen molar-refractivity contribution < 1.29 is 9.53 Å². The van der Waals surface area contributed by atoms with Gasteiger partial charge in [0.05, 0.1) is 23.7 Å². The maximum Gasteiger partial charge on any atom is 0.329 e. The Hall–Kier alpha value is -2.46. The smallest absolute Gasteiger partial charge is 0.329 e. The van der Waals surface area contributed by atoms with E-state index in [1.807, 2.05) is 6.07 Å². The number of aromatic nitrogens is 2. The number of carbonyl (C=O) groups is 1. The Morgan fingerprint density at radius 3 is 2.56 bits per heavy atom. The third-order valence-corrected chi connectivity index (χ3v) is 7.55. The third-order valence-electron chi connectivity index (χ3n) is 7.55. The molecule has 3 fully saturated rings. The van der Waals surface area contributed by atoms with E-state index in [-0.39, 0.29) is 11.6 Å². The Kier molecular flexibility index (Phi) is 6.61. The van der Waals surface area contributed by atoms with Crippen LogP contribution in [-0.2, 0) is 23.1 Å². The Labute approximate surface area is 200 Å². The number of aryl methyl sites for hydroxylation is 1. The molecule has 3 aliphatic rings. The summed E-state index contributed by atoms with van der Waals surface area (Å²) in [5.41, 5.74) is 9.24. The number of carbonyl (C=O) groups excluding carboxylic acids is 1. The number of hydrogen-bond donors (Lipinski definition) is 2. The van der Waals surface area contributed by atoms with Gasteiger partial charge in [-0.05, 0) is 43.4 Å². The maximum atomic E-state index is 13.0. The quantitative estimate of drug-likeness (QED) is 0.628.